The van der Waals surface area contributed by atoms with E-state index >= 15 is 0 Å². The number of ether oxygens (including phenoxy) is 1. The van der Waals surface area contributed by atoms with Gasteiger partial charge in [-0.2, -0.15) is 0 Å². The monoisotopic (exact) mass is 379 g/mol. The zero-order valence-corrected chi connectivity index (χ0v) is 15.1. The molecule has 2 aromatic carbocycles. The predicted octanol–water partition coefficient (Wildman–Crippen LogP) is 3.62. The predicted molar refractivity (Wildman–Crippen MR) is 95.9 cm³/mol. The SMILES string of the molecule is CC(C)(Oc1ccc(Cl)cc1)C(=O)NCC(C(=O)O)c1ccc(F)cc1. The van der Waals surface area contributed by atoms with Crippen LogP contribution in [0.5, 0.6) is 5.75 Å². The van der Waals surface area contributed by atoms with Gasteiger partial charge in [-0.3, -0.25) is 9.59 Å². The van der Waals surface area contributed by atoms with Gasteiger partial charge in [0.15, 0.2) is 5.60 Å². The molecule has 0 aliphatic heterocycles. The summed E-state index contributed by atoms with van der Waals surface area (Å²) in [6.45, 7) is 3.00. The third-order valence-electron chi connectivity index (χ3n) is 3.77. The zero-order valence-electron chi connectivity index (χ0n) is 14.3. The lowest BCUT2D eigenvalue weighted by Crippen LogP contribution is -2.48. The van der Waals surface area contributed by atoms with E-state index in [4.69, 9.17) is 16.3 Å². The van der Waals surface area contributed by atoms with Crippen molar-refractivity contribution in [1.82, 2.24) is 5.32 Å². The molecule has 0 heterocycles. The first-order valence-corrected chi connectivity index (χ1v) is 8.28. The Labute approximate surface area is 155 Å². The Morgan fingerprint density at radius 2 is 1.73 bits per heavy atom. The van der Waals surface area contributed by atoms with Crippen LogP contribution in [0.25, 0.3) is 0 Å². The van der Waals surface area contributed by atoms with E-state index in [9.17, 15) is 19.1 Å². The van der Waals surface area contributed by atoms with Gasteiger partial charge >= 0.3 is 5.97 Å². The highest BCUT2D eigenvalue weighted by Crippen LogP contribution is 2.22. The number of carboxylic acid groups (broad SMARTS) is 1. The molecule has 5 nitrogen and oxygen atoms in total. The number of aliphatic carboxylic acids is 1. The molecule has 7 heteroatoms. The number of amides is 1. The van der Waals surface area contributed by atoms with E-state index in [2.05, 4.69) is 5.32 Å². The summed E-state index contributed by atoms with van der Waals surface area (Å²) in [4.78, 5) is 23.9. The highest BCUT2D eigenvalue weighted by Gasteiger charge is 2.31. The standard InChI is InChI=1S/C19H19ClFNO4/c1-19(2,26-15-9-5-13(20)6-10-15)18(25)22-11-16(17(23)24)12-3-7-14(21)8-4-12/h3-10,16H,11H2,1-2H3,(H,22,25)(H,23,24). The average molecular weight is 380 g/mol. The van der Waals surface area contributed by atoms with Crippen molar-refractivity contribution in [1.29, 1.82) is 0 Å². The molecule has 0 bridgehead atoms. The minimum absolute atomic E-state index is 0.146. The normalized spacial score (nSPS) is 12.3. The minimum Gasteiger partial charge on any atom is -0.481 e. The van der Waals surface area contributed by atoms with E-state index in [1.54, 1.807) is 38.1 Å². The van der Waals surface area contributed by atoms with Crippen molar-refractivity contribution in [2.45, 2.75) is 25.4 Å². The van der Waals surface area contributed by atoms with Crippen molar-refractivity contribution < 1.29 is 23.8 Å². The van der Waals surface area contributed by atoms with E-state index in [0.29, 0.717) is 16.3 Å². The molecular formula is C19H19ClFNO4. The molecule has 0 saturated carbocycles. The number of carbonyl (C=O) groups excluding carboxylic acids is 1. The Kier molecular flexibility index (Phi) is 6.21. The van der Waals surface area contributed by atoms with Gasteiger partial charge < -0.3 is 15.2 Å². The Morgan fingerprint density at radius 1 is 1.15 bits per heavy atom. The summed E-state index contributed by atoms with van der Waals surface area (Å²) < 4.78 is 18.7. The lowest BCUT2D eigenvalue weighted by molar-refractivity contribution is -0.139. The summed E-state index contributed by atoms with van der Waals surface area (Å²) in [6, 6.07) is 11.7. The molecule has 1 amide bonds. The first-order valence-electron chi connectivity index (χ1n) is 7.90. The summed E-state index contributed by atoms with van der Waals surface area (Å²) >= 11 is 5.81. The largest absolute Gasteiger partial charge is 0.481 e. The van der Waals surface area contributed by atoms with Gasteiger partial charge in [-0.1, -0.05) is 23.7 Å². The molecule has 2 rings (SSSR count). The van der Waals surface area contributed by atoms with Crippen LogP contribution in [0.2, 0.25) is 5.02 Å². The molecule has 1 unspecified atom stereocenters. The number of carbonyl (C=O) groups is 2. The number of halogens is 2. The van der Waals surface area contributed by atoms with Crippen molar-refractivity contribution in [2.24, 2.45) is 0 Å². The second kappa shape index (κ2) is 8.19. The van der Waals surface area contributed by atoms with Crippen LogP contribution in [0.3, 0.4) is 0 Å². The zero-order chi connectivity index (χ0) is 19.3. The highest BCUT2D eigenvalue weighted by atomic mass is 35.5. The second-order valence-corrected chi connectivity index (χ2v) is 6.66. The molecule has 0 radical (unpaired) electrons. The second-order valence-electron chi connectivity index (χ2n) is 6.22. The summed E-state index contributed by atoms with van der Waals surface area (Å²) in [5.41, 5.74) is -0.824. The maximum Gasteiger partial charge on any atom is 0.312 e. The van der Waals surface area contributed by atoms with Gasteiger partial charge in [-0.25, -0.2) is 4.39 Å². The van der Waals surface area contributed by atoms with Crippen molar-refractivity contribution >= 4 is 23.5 Å². The molecule has 138 valence electrons. The van der Waals surface area contributed by atoms with Crippen LogP contribution in [-0.4, -0.2) is 29.1 Å². The van der Waals surface area contributed by atoms with Crippen LogP contribution in [0.1, 0.15) is 25.3 Å². The molecule has 1 atom stereocenters. The third kappa shape index (κ3) is 5.20. The molecule has 0 spiro atoms. The fraction of sp³-hybridized carbons (Fsp3) is 0.263. The van der Waals surface area contributed by atoms with E-state index in [1.165, 1.54) is 24.3 Å². The van der Waals surface area contributed by atoms with Gasteiger partial charge in [-0.15, -0.1) is 0 Å². The summed E-state index contributed by atoms with van der Waals surface area (Å²) in [5, 5.41) is 12.5. The molecule has 2 N–H and O–H groups in total. The van der Waals surface area contributed by atoms with Crippen LogP contribution in [0, 0.1) is 5.82 Å². The first-order chi connectivity index (χ1) is 12.2. The van der Waals surface area contributed by atoms with Gasteiger partial charge in [0.1, 0.15) is 11.6 Å². The maximum atomic E-state index is 13.0. The van der Waals surface area contributed by atoms with Gasteiger partial charge in [0.05, 0.1) is 5.92 Å². The molecule has 0 aromatic heterocycles. The van der Waals surface area contributed by atoms with Crippen molar-refractivity contribution in [3.63, 3.8) is 0 Å². The molecule has 0 fully saturated rings. The van der Waals surface area contributed by atoms with Gasteiger partial charge in [0.25, 0.3) is 5.91 Å². The number of hydrogen-bond donors (Lipinski definition) is 2. The lowest BCUT2D eigenvalue weighted by Gasteiger charge is -2.26. The topological polar surface area (TPSA) is 75.6 Å². The van der Waals surface area contributed by atoms with Gasteiger partial charge in [0, 0.05) is 11.6 Å². The number of hydrogen-bond acceptors (Lipinski definition) is 3. The minimum atomic E-state index is -1.22. The summed E-state index contributed by atoms with van der Waals surface area (Å²) in [7, 11) is 0. The quantitative estimate of drug-likeness (QED) is 0.770. The average Bonchev–Trinajstić information content (AvgIpc) is 2.58. The Hall–Kier alpha value is -2.60. The number of nitrogens with one attached hydrogen (secondary N) is 1. The van der Waals surface area contributed by atoms with Crippen LogP contribution in [-0.2, 0) is 9.59 Å². The third-order valence-corrected chi connectivity index (χ3v) is 4.02. The van der Waals surface area contributed by atoms with E-state index in [-0.39, 0.29) is 6.54 Å². The molecule has 2 aromatic rings. The van der Waals surface area contributed by atoms with Crippen LogP contribution in [0.4, 0.5) is 4.39 Å². The molecule has 26 heavy (non-hydrogen) atoms. The van der Waals surface area contributed by atoms with E-state index in [0.717, 1.165) is 0 Å². The van der Waals surface area contributed by atoms with Crippen LogP contribution >= 0.6 is 11.6 Å². The first kappa shape index (κ1) is 19.7. The fourth-order valence-electron chi connectivity index (χ4n) is 2.29. The highest BCUT2D eigenvalue weighted by molar-refractivity contribution is 6.30. The molecule has 0 aliphatic rings. The maximum absolute atomic E-state index is 13.0. The fourth-order valence-corrected chi connectivity index (χ4v) is 2.42. The lowest BCUT2D eigenvalue weighted by atomic mass is 9.98. The van der Waals surface area contributed by atoms with Crippen LogP contribution < -0.4 is 10.1 Å². The Bertz CT molecular complexity index is 775. The van der Waals surface area contributed by atoms with Gasteiger partial charge in [0.2, 0.25) is 0 Å². The summed E-state index contributed by atoms with van der Waals surface area (Å²) in [5.74, 6) is -2.58. The van der Waals surface area contributed by atoms with E-state index < -0.39 is 29.2 Å². The smallest absolute Gasteiger partial charge is 0.312 e. The van der Waals surface area contributed by atoms with Crippen molar-refractivity contribution in [2.75, 3.05) is 6.54 Å². The van der Waals surface area contributed by atoms with Crippen molar-refractivity contribution in [3.8, 4) is 5.75 Å². The molecule has 0 aliphatic carbocycles. The van der Waals surface area contributed by atoms with Gasteiger partial charge in [-0.05, 0) is 55.8 Å². The van der Waals surface area contributed by atoms with E-state index in [1.807, 2.05) is 0 Å². The molecular weight excluding hydrogens is 361 g/mol. The Morgan fingerprint density at radius 3 is 2.27 bits per heavy atom. The van der Waals surface area contributed by atoms with Crippen molar-refractivity contribution in [3.05, 3.63) is 64.9 Å². The number of carboxylic acids is 1. The Balaban J connectivity index is 2.03. The number of rotatable bonds is 7. The molecule has 0 saturated heterocycles. The van der Waals surface area contributed by atoms with Crippen LogP contribution in [0.15, 0.2) is 48.5 Å². The summed E-state index contributed by atoms with van der Waals surface area (Å²) in [6.07, 6.45) is 0. The number of benzene rings is 2.